The maximum atomic E-state index is 12.5. The number of carbonyl (C=O) groups excluding carboxylic acids is 3. The lowest BCUT2D eigenvalue weighted by atomic mass is 9.94. The van der Waals surface area contributed by atoms with Crippen molar-refractivity contribution in [3.05, 3.63) is 63.9 Å². The van der Waals surface area contributed by atoms with Gasteiger partial charge in [-0.1, -0.05) is 6.08 Å². The predicted octanol–water partition coefficient (Wildman–Crippen LogP) is 1.45. The standard InChI is InChI=1S/C17H17N3O7/c1-4-9-19-14(16(22)27-3)12(15(21)26-2)13(18-17(19)23)10-5-7-11(8-6-10)20(24)25/h4-8,13H,1,9H2,2-3H3,(H,18,23). The molecule has 142 valence electrons. The number of esters is 2. The summed E-state index contributed by atoms with van der Waals surface area (Å²) in [6.07, 6.45) is 1.38. The third-order valence-corrected chi connectivity index (χ3v) is 3.86. The average molecular weight is 375 g/mol. The number of hydrogen-bond donors (Lipinski definition) is 1. The van der Waals surface area contributed by atoms with Gasteiger partial charge in [0.2, 0.25) is 0 Å². The number of nitrogens with one attached hydrogen (secondary N) is 1. The Bertz CT molecular complexity index is 829. The van der Waals surface area contributed by atoms with E-state index < -0.39 is 28.9 Å². The smallest absolute Gasteiger partial charge is 0.355 e. The van der Waals surface area contributed by atoms with Crippen molar-refractivity contribution >= 4 is 23.7 Å². The van der Waals surface area contributed by atoms with Gasteiger partial charge in [-0.15, -0.1) is 6.58 Å². The molecule has 2 rings (SSSR count). The molecule has 1 unspecified atom stereocenters. The van der Waals surface area contributed by atoms with Crippen molar-refractivity contribution in [1.29, 1.82) is 0 Å². The molecule has 27 heavy (non-hydrogen) atoms. The van der Waals surface area contributed by atoms with Gasteiger partial charge in [0, 0.05) is 18.7 Å². The highest BCUT2D eigenvalue weighted by Crippen LogP contribution is 2.32. The van der Waals surface area contributed by atoms with Crippen molar-refractivity contribution in [3.63, 3.8) is 0 Å². The van der Waals surface area contributed by atoms with Gasteiger partial charge in [-0.05, 0) is 17.7 Å². The number of amides is 2. The van der Waals surface area contributed by atoms with Gasteiger partial charge in [-0.2, -0.15) is 0 Å². The van der Waals surface area contributed by atoms with Crippen molar-refractivity contribution in [2.45, 2.75) is 6.04 Å². The van der Waals surface area contributed by atoms with Gasteiger partial charge >= 0.3 is 18.0 Å². The van der Waals surface area contributed by atoms with Crippen LogP contribution in [0.25, 0.3) is 0 Å². The Hall–Kier alpha value is -3.69. The van der Waals surface area contributed by atoms with Crippen LogP contribution in [0.5, 0.6) is 0 Å². The second kappa shape index (κ2) is 8.13. The van der Waals surface area contributed by atoms with Crippen molar-refractivity contribution in [2.24, 2.45) is 0 Å². The molecular weight excluding hydrogens is 358 g/mol. The number of ether oxygens (including phenoxy) is 2. The maximum Gasteiger partial charge on any atom is 0.355 e. The fourth-order valence-electron chi connectivity index (χ4n) is 2.64. The van der Waals surface area contributed by atoms with Crippen LogP contribution in [0.3, 0.4) is 0 Å². The zero-order valence-corrected chi connectivity index (χ0v) is 14.6. The van der Waals surface area contributed by atoms with Crippen molar-refractivity contribution in [3.8, 4) is 0 Å². The number of nitro groups is 1. The molecule has 1 aromatic carbocycles. The molecule has 0 spiro atoms. The molecule has 1 aliphatic heterocycles. The Morgan fingerprint density at radius 3 is 2.33 bits per heavy atom. The predicted molar refractivity (Wildman–Crippen MR) is 92.3 cm³/mol. The number of rotatable bonds is 6. The highest BCUT2D eigenvalue weighted by molar-refractivity contribution is 6.05. The molecule has 1 heterocycles. The number of nitro benzene ring substituents is 1. The quantitative estimate of drug-likeness (QED) is 0.345. The second-order valence-electron chi connectivity index (χ2n) is 5.38. The molecular formula is C17H17N3O7. The number of nitrogens with zero attached hydrogens (tertiary/aromatic N) is 2. The molecule has 0 radical (unpaired) electrons. The summed E-state index contributed by atoms with van der Waals surface area (Å²) >= 11 is 0. The van der Waals surface area contributed by atoms with Crippen LogP contribution in [0.2, 0.25) is 0 Å². The van der Waals surface area contributed by atoms with Crippen LogP contribution < -0.4 is 5.32 Å². The fourth-order valence-corrected chi connectivity index (χ4v) is 2.64. The van der Waals surface area contributed by atoms with Crippen molar-refractivity contribution in [2.75, 3.05) is 20.8 Å². The first-order chi connectivity index (χ1) is 12.8. The van der Waals surface area contributed by atoms with Gasteiger partial charge in [0.15, 0.2) is 0 Å². The lowest BCUT2D eigenvalue weighted by Gasteiger charge is -2.34. The molecule has 0 saturated heterocycles. The third kappa shape index (κ3) is 3.78. The molecule has 0 saturated carbocycles. The molecule has 0 bridgehead atoms. The van der Waals surface area contributed by atoms with Gasteiger partial charge < -0.3 is 14.8 Å². The normalized spacial score (nSPS) is 16.4. The minimum atomic E-state index is -1.05. The van der Waals surface area contributed by atoms with Crippen molar-refractivity contribution in [1.82, 2.24) is 10.2 Å². The monoisotopic (exact) mass is 375 g/mol. The molecule has 10 heteroatoms. The summed E-state index contributed by atoms with van der Waals surface area (Å²) in [5, 5.41) is 13.4. The summed E-state index contributed by atoms with van der Waals surface area (Å²) < 4.78 is 9.50. The molecule has 0 aromatic heterocycles. The Kier molecular flexibility index (Phi) is 5.91. The zero-order chi connectivity index (χ0) is 20.1. The fraction of sp³-hybridized carbons (Fsp3) is 0.235. The summed E-state index contributed by atoms with van der Waals surface area (Å²) in [6, 6.07) is 3.50. The van der Waals surface area contributed by atoms with E-state index in [0.29, 0.717) is 5.56 Å². The minimum absolute atomic E-state index is 0.0518. The van der Waals surface area contributed by atoms with E-state index in [1.807, 2.05) is 0 Å². The number of carbonyl (C=O) groups is 3. The van der Waals surface area contributed by atoms with E-state index in [-0.39, 0.29) is 23.5 Å². The molecule has 1 atom stereocenters. The number of methoxy groups -OCH3 is 2. The molecule has 0 fully saturated rings. The Morgan fingerprint density at radius 1 is 1.26 bits per heavy atom. The van der Waals surface area contributed by atoms with Gasteiger partial charge in [0.1, 0.15) is 5.70 Å². The van der Waals surface area contributed by atoms with Gasteiger partial charge in [-0.3, -0.25) is 15.0 Å². The van der Waals surface area contributed by atoms with Gasteiger partial charge in [0.05, 0.1) is 30.8 Å². The first-order valence-electron chi connectivity index (χ1n) is 7.69. The lowest BCUT2D eigenvalue weighted by molar-refractivity contribution is -0.384. The maximum absolute atomic E-state index is 12.5. The highest BCUT2D eigenvalue weighted by atomic mass is 16.6. The SMILES string of the molecule is C=CCN1C(=O)NC(c2ccc([N+](=O)[O-])cc2)C(C(=O)OC)=C1C(=O)OC. The molecule has 1 aliphatic rings. The number of hydrogen-bond acceptors (Lipinski definition) is 7. The topological polar surface area (TPSA) is 128 Å². The molecule has 1 N–H and O–H groups in total. The lowest BCUT2D eigenvalue weighted by Crippen LogP contribution is -2.50. The van der Waals surface area contributed by atoms with E-state index in [4.69, 9.17) is 9.47 Å². The van der Waals surface area contributed by atoms with Gasteiger partial charge in [-0.25, -0.2) is 14.4 Å². The Labute approximate surface area is 154 Å². The van der Waals surface area contributed by atoms with Crippen LogP contribution in [0, 0.1) is 10.1 Å². The van der Waals surface area contributed by atoms with Crippen molar-refractivity contribution < 1.29 is 28.8 Å². The average Bonchev–Trinajstić information content (AvgIpc) is 2.67. The largest absolute Gasteiger partial charge is 0.466 e. The van der Waals surface area contributed by atoms with Crippen LogP contribution >= 0.6 is 0 Å². The Balaban J connectivity index is 2.67. The van der Waals surface area contributed by atoms with E-state index in [0.717, 1.165) is 19.1 Å². The molecule has 10 nitrogen and oxygen atoms in total. The summed E-state index contributed by atoms with van der Waals surface area (Å²) in [5.41, 5.74) is -0.240. The Morgan fingerprint density at radius 2 is 1.85 bits per heavy atom. The number of urea groups is 1. The van der Waals surface area contributed by atoms with E-state index in [2.05, 4.69) is 11.9 Å². The van der Waals surface area contributed by atoms with E-state index in [1.165, 1.54) is 30.3 Å². The molecule has 0 aliphatic carbocycles. The summed E-state index contributed by atoms with van der Waals surface area (Å²) in [4.78, 5) is 48.5. The van der Waals surface area contributed by atoms with E-state index in [9.17, 15) is 24.5 Å². The van der Waals surface area contributed by atoms with Crippen LogP contribution in [0.1, 0.15) is 11.6 Å². The van der Waals surface area contributed by atoms with Crippen LogP contribution in [-0.4, -0.2) is 48.6 Å². The summed E-state index contributed by atoms with van der Waals surface area (Å²) in [5.74, 6) is -1.76. The first kappa shape index (κ1) is 19.6. The minimum Gasteiger partial charge on any atom is -0.466 e. The molecule has 2 amide bonds. The second-order valence-corrected chi connectivity index (χ2v) is 5.38. The third-order valence-electron chi connectivity index (χ3n) is 3.86. The van der Waals surface area contributed by atoms with Gasteiger partial charge in [0.25, 0.3) is 5.69 Å². The first-order valence-corrected chi connectivity index (χ1v) is 7.69. The van der Waals surface area contributed by atoms with Crippen LogP contribution in [0.15, 0.2) is 48.2 Å². The highest BCUT2D eigenvalue weighted by Gasteiger charge is 2.41. The van der Waals surface area contributed by atoms with E-state index in [1.54, 1.807) is 0 Å². The van der Waals surface area contributed by atoms with Crippen LogP contribution in [0.4, 0.5) is 10.5 Å². The molecule has 1 aromatic rings. The number of benzene rings is 1. The zero-order valence-electron chi connectivity index (χ0n) is 14.6. The summed E-state index contributed by atoms with van der Waals surface area (Å²) in [7, 11) is 2.25. The summed E-state index contributed by atoms with van der Waals surface area (Å²) in [6.45, 7) is 3.47. The number of non-ortho nitro benzene ring substituents is 1. The van der Waals surface area contributed by atoms with E-state index >= 15 is 0 Å². The van der Waals surface area contributed by atoms with Crippen LogP contribution in [-0.2, 0) is 19.1 Å².